The molecule has 4 rings (SSSR count). The van der Waals surface area contributed by atoms with Gasteiger partial charge in [0.2, 0.25) is 0 Å². The summed E-state index contributed by atoms with van der Waals surface area (Å²) in [5.74, 6) is 0. The molecule has 122 valence electrons. The van der Waals surface area contributed by atoms with Gasteiger partial charge in [-0.15, -0.1) is 0 Å². The van der Waals surface area contributed by atoms with Crippen molar-refractivity contribution in [2.75, 3.05) is 0 Å². The largest absolute Gasteiger partial charge is 0.281 e. The predicted octanol–water partition coefficient (Wildman–Crippen LogP) is 5.22. The van der Waals surface area contributed by atoms with E-state index in [0.717, 1.165) is 39.7 Å². The zero-order valence-corrected chi connectivity index (χ0v) is 14.1. The Morgan fingerprint density at radius 3 is 2.16 bits per heavy atom. The molecule has 1 aromatic heterocycles. The van der Waals surface area contributed by atoms with E-state index in [9.17, 15) is 4.79 Å². The molecule has 0 bridgehead atoms. The minimum atomic E-state index is 0.0417. The first kappa shape index (κ1) is 15.4. The van der Waals surface area contributed by atoms with Crippen LogP contribution in [0, 0.1) is 0 Å². The van der Waals surface area contributed by atoms with Crippen LogP contribution in [0.5, 0.6) is 0 Å². The molecule has 0 amide bonds. The number of pyridine rings is 1. The Morgan fingerprint density at radius 1 is 0.800 bits per heavy atom. The number of para-hydroxylation sites is 1. The molecule has 0 spiro atoms. The summed E-state index contributed by atoms with van der Waals surface area (Å²) in [5.41, 5.74) is 4.02. The van der Waals surface area contributed by atoms with Crippen molar-refractivity contribution in [1.29, 1.82) is 0 Å². The Morgan fingerprint density at radius 2 is 1.48 bits per heavy atom. The second-order valence-corrected chi connectivity index (χ2v) is 6.10. The van der Waals surface area contributed by atoms with Crippen LogP contribution in [0.1, 0.15) is 12.6 Å². The van der Waals surface area contributed by atoms with Crippen molar-refractivity contribution in [2.24, 2.45) is 0 Å². The van der Waals surface area contributed by atoms with Crippen LogP contribution >= 0.6 is 0 Å². The third-order valence-corrected chi connectivity index (χ3v) is 4.58. The maximum atomic E-state index is 13.5. The fourth-order valence-electron chi connectivity index (χ4n) is 3.39. The average Bonchev–Trinajstić information content (AvgIpc) is 2.68. The van der Waals surface area contributed by atoms with Gasteiger partial charge in [-0.2, -0.15) is 0 Å². The number of rotatable bonds is 3. The molecule has 2 nitrogen and oxygen atoms in total. The number of aromatic nitrogens is 1. The van der Waals surface area contributed by atoms with Crippen LogP contribution in [0.4, 0.5) is 0 Å². The molecule has 1 heterocycles. The molecule has 0 saturated heterocycles. The second kappa shape index (κ2) is 6.40. The van der Waals surface area contributed by atoms with Gasteiger partial charge in [0.25, 0.3) is 5.56 Å². The van der Waals surface area contributed by atoms with Gasteiger partial charge in [0.05, 0.1) is 5.39 Å². The molecule has 3 aromatic carbocycles. The first-order valence-electron chi connectivity index (χ1n) is 8.58. The molecule has 0 atom stereocenters. The molecule has 0 aliphatic carbocycles. The van der Waals surface area contributed by atoms with Crippen LogP contribution in [0.2, 0.25) is 0 Å². The van der Waals surface area contributed by atoms with Crippen molar-refractivity contribution in [1.82, 2.24) is 4.57 Å². The van der Waals surface area contributed by atoms with Crippen molar-refractivity contribution >= 4 is 10.8 Å². The summed E-state index contributed by atoms with van der Waals surface area (Å²) in [6.07, 6.45) is 0.801. The summed E-state index contributed by atoms with van der Waals surface area (Å²) in [7, 11) is 0. The third-order valence-electron chi connectivity index (χ3n) is 4.58. The molecule has 0 aliphatic heterocycles. The lowest BCUT2D eigenvalue weighted by Crippen LogP contribution is -2.22. The van der Waals surface area contributed by atoms with Crippen LogP contribution in [0.3, 0.4) is 0 Å². The van der Waals surface area contributed by atoms with Gasteiger partial charge in [0, 0.05) is 11.4 Å². The summed E-state index contributed by atoms with van der Waals surface area (Å²) in [5, 5.41) is 1.77. The van der Waals surface area contributed by atoms with Crippen LogP contribution in [0.25, 0.3) is 27.6 Å². The molecule has 0 saturated carbocycles. The maximum absolute atomic E-state index is 13.5. The lowest BCUT2D eigenvalue weighted by Gasteiger charge is -2.15. The van der Waals surface area contributed by atoms with E-state index < -0.39 is 0 Å². The van der Waals surface area contributed by atoms with Crippen molar-refractivity contribution in [2.45, 2.75) is 13.3 Å². The van der Waals surface area contributed by atoms with Crippen LogP contribution in [0.15, 0.2) is 89.7 Å². The summed E-state index contributed by atoms with van der Waals surface area (Å²) >= 11 is 0. The molecular formula is C23H19NO. The number of aryl methyl sites for hydroxylation is 1. The summed E-state index contributed by atoms with van der Waals surface area (Å²) in [6.45, 7) is 2.08. The van der Waals surface area contributed by atoms with Gasteiger partial charge in [-0.25, -0.2) is 0 Å². The van der Waals surface area contributed by atoms with Gasteiger partial charge in [-0.3, -0.25) is 9.36 Å². The minimum absolute atomic E-state index is 0.0417. The van der Waals surface area contributed by atoms with E-state index in [2.05, 4.69) is 25.1 Å². The fourth-order valence-corrected chi connectivity index (χ4v) is 3.39. The fraction of sp³-hybridized carbons (Fsp3) is 0.0870. The van der Waals surface area contributed by atoms with Crippen LogP contribution < -0.4 is 5.56 Å². The summed E-state index contributed by atoms with van der Waals surface area (Å²) in [4.78, 5) is 13.5. The standard InChI is InChI=1S/C23H19NO/c1-2-19-16-18-12-9-15-21(17-10-5-3-6-11-17)22(18)23(25)24(19)20-13-7-4-8-14-20/h3-16H,2H2,1H3. The molecule has 0 fully saturated rings. The zero-order chi connectivity index (χ0) is 17.2. The number of fused-ring (bicyclic) bond motifs is 1. The SMILES string of the molecule is CCc1cc2cccc(-c3ccccc3)c2c(=O)n1-c1ccccc1. The van der Waals surface area contributed by atoms with Crippen molar-refractivity contribution < 1.29 is 0 Å². The van der Waals surface area contributed by atoms with E-state index in [1.54, 1.807) is 0 Å². The number of nitrogens with zero attached hydrogens (tertiary/aromatic N) is 1. The Hall–Kier alpha value is -3.13. The molecular weight excluding hydrogens is 306 g/mol. The topological polar surface area (TPSA) is 22.0 Å². The molecule has 2 heteroatoms. The van der Waals surface area contributed by atoms with Gasteiger partial charge in [0.15, 0.2) is 0 Å². The van der Waals surface area contributed by atoms with E-state index in [1.165, 1.54) is 0 Å². The van der Waals surface area contributed by atoms with E-state index in [1.807, 2.05) is 71.3 Å². The van der Waals surface area contributed by atoms with Crippen molar-refractivity contribution in [3.05, 3.63) is 101 Å². The highest BCUT2D eigenvalue weighted by atomic mass is 16.1. The predicted molar refractivity (Wildman–Crippen MR) is 104 cm³/mol. The monoisotopic (exact) mass is 325 g/mol. The third kappa shape index (κ3) is 2.66. The highest BCUT2D eigenvalue weighted by molar-refractivity contribution is 5.96. The number of hydrogen-bond donors (Lipinski definition) is 0. The van der Waals surface area contributed by atoms with Crippen LogP contribution in [-0.4, -0.2) is 4.57 Å². The maximum Gasteiger partial charge on any atom is 0.263 e. The van der Waals surface area contributed by atoms with Gasteiger partial charge in [-0.05, 0) is 41.1 Å². The van der Waals surface area contributed by atoms with E-state index >= 15 is 0 Å². The van der Waals surface area contributed by atoms with Gasteiger partial charge in [-0.1, -0.05) is 73.7 Å². The molecule has 0 N–H and O–H groups in total. The lowest BCUT2D eigenvalue weighted by atomic mass is 9.98. The molecule has 0 aliphatic rings. The van der Waals surface area contributed by atoms with Gasteiger partial charge >= 0.3 is 0 Å². The molecule has 0 unspecified atom stereocenters. The number of hydrogen-bond acceptors (Lipinski definition) is 1. The van der Waals surface area contributed by atoms with E-state index in [-0.39, 0.29) is 5.56 Å². The minimum Gasteiger partial charge on any atom is -0.281 e. The lowest BCUT2D eigenvalue weighted by molar-refractivity contribution is 0.889. The van der Waals surface area contributed by atoms with Crippen LogP contribution in [-0.2, 0) is 6.42 Å². The smallest absolute Gasteiger partial charge is 0.263 e. The first-order valence-corrected chi connectivity index (χ1v) is 8.58. The quantitative estimate of drug-likeness (QED) is 0.506. The number of benzene rings is 3. The normalized spacial score (nSPS) is 10.9. The van der Waals surface area contributed by atoms with E-state index in [4.69, 9.17) is 0 Å². The van der Waals surface area contributed by atoms with Gasteiger partial charge in [0.1, 0.15) is 0 Å². The highest BCUT2D eigenvalue weighted by Gasteiger charge is 2.13. The Kier molecular flexibility index (Phi) is 3.95. The summed E-state index contributed by atoms with van der Waals surface area (Å²) < 4.78 is 1.84. The Bertz CT molecular complexity index is 1080. The molecule has 25 heavy (non-hydrogen) atoms. The van der Waals surface area contributed by atoms with E-state index in [0.29, 0.717) is 0 Å². The molecule has 0 radical (unpaired) electrons. The second-order valence-electron chi connectivity index (χ2n) is 6.10. The Balaban J connectivity index is 2.11. The van der Waals surface area contributed by atoms with Crippen molar-refractivity contribution in [3.63, 3.8) is 0 Å². The first-order chi connectivity index (χ1) is 12.3. The average molecular weight is 325 g/mol. The van der Waals surface area contributed by atoms with Crippen molar-refractivity contribution in [3.8, 4) is 16.8 Å². The Labute approximate surface area is 147 Å². The molecule has 4 aromatic rings. The highest BCUT2D eigenvalue weighted by Crippen LogP contribution is 2.27. The zero-order valence-electron chi connectivity index (χ0n) is 14.1. The van der Waals surface area contributed by atoms with Gasteiger partial charge < -0.3 is 0 Å². The summed E-state index contributed by atoms with van der Waals surface area (Å²) in [6, 6.07) is 28.2.